The minimum Gasteiger partial charge on any atom is -0.0757 e. The van der Waals surface area contributed by atoms with Gasteiger partial charge >= 0.3 is 0 Å². The Bertz CT molecular complexity index is 606. The lowest BCUT2D eigenvalue weighted by Gasteiger charge is -2.15. The second-order valence-electron chi connectivity index (χ2n) is 4.78. The summed E-state index contributed by atoms with van der Waals surface area (Å²) in [5, 5.41) is 0. The van der Waals surface area contributed by atoms with Gasteiger partial charge in [0.15, 0.2) is 0 Å². The highest BCUT2D eigenvalue weighted by Gasteiger charge is 2.10. The summed E-state index contributed by atoms with van der Waals surface area (Å²) in [7, 11) is 0. The van der Waals surface area contributed by atoms with Crippen LogP contribution < -0.4 is 0 Å². The molecule has 0 saturated carbocycles. The summed E-state index contributed by atoms with van der Waals surface area (Å²) >= 11 is 2.37. The van der Waals surface area contributed by atoms with Gasteiger partial charge in [0.1, 0.15) is 0 Å². The smallest absolute Gasteiger partial charge is 0.00873 e. The maximum atomic E-state index is 2.37. The van der Waals surface area contributed by atoms with Crippen molar-refractivity contribution < 1.29 is 0 Å². The van der Waals surface area contributed by atoms with Gasteiger partial charge < -0.3 is 0 Å². The lowest BCUT2D eigenvalue weighted by atomic mass is 9.91. The molecule has 0 nitrogen and oxygen atoms in total. The quantitative estimate of drug-likeness (QED) is 0.603. The Morgan fingerprint density at radius 2 is 1.53 bits per heavy atom. The third-order valence-corrected chi connectivity index (χ3v) is 4.30. The van der Waals surface area contributed by atoms with E-state index >= 15 is 0 Å². The zero-order valence-electron chi connectivity index (χ0n) is 10.6. The van der Waals surface area contributed by atoms with Crippen LogP contribution in [0.2, 0.25) is 0 Å². The van der Waals surface area contributed by atoms with Crippen LogP contribution in [0.15, 0.2) is 76.4 Å². The molecule has 94 valence electrons. The second kappa shape index (κ2) is 5.74. The standard InChI is InChI=1S/C18H15I/c19-18-12-10-17(11-13-18)16-8-6-15(7-9-16)14-4-2-1-3-5-14/h1-10,12-13,17H,11H2. The number of benzene rings is 2. The van der Waals surface area contributed by atoms with Gasteiger partial charge in [0, 0.05) is 9.50 Å². The highest BCUT2D eigenvalue weighted by atomic mass is 127. The van der Waals surface area contributed by atoms with Crippen molar-refractivity contribution in [2.45, 2.75) is 12.3 Å². The van der Waals surface area contributed by atoms with E-state index in [2.05, 4.69) is 95.4 Å². The predicted octanol–water partition coefficient (Wildman–Crippen LogP) is 5.72. The van der Waals surface area contributed by atoms with Crippen molar-refractivity contribution in [3.8, 4) is 11.1 Å². The summed E-state index contributed by atoms with van der Waals surface area (Å²) in [5.74, 6) is 0.531. The van der Waals surface area contributed by atoms with E-state index < -0.39 is 0 Å². The molecular weight excluding hydrogens is 343 g/mol. The first-order chi connectivity index (χ1) is 9.33. The van der Waals surface area contributed by atoms with E-state index in [4.69, 9.17) is 0 Å². The minimum atomic E-state index is 0.531. The number of hydrogen-bond acceptors (Lipinski definition) is 0. The maximum absolute atomic E-state index is 2.37. The molecule has 0 N–H and O–H groups in total. The van der Waals surface area contributed by atoms with E-state index in [9.17, 15) is 0 Å². The molecule has 1 unspecified atom stereocenters. The van der Waals surface area contributed by atoms with E-state index in [0.717, 1.165) is 6.42 Å². The fourth-order valence-electron chi connectivity index (χ4n) is 2.39. The summed E-state index contributed by atoms with van der Waals surface area (Å²) < 4.78 is 1.34. The predicted molar refractivity (Wildman–Crippen MR) is 90.5 cm³/mol. The minimum absolute atomic E-state index is 0.531. The summed E-state index contributed by atoms with van der Waals surface area (Å²) in [5.41, 5.74) is 3.97. The van der Waals surface area contributed by atoms with Gasteiger partial charge in [-0.1, -0.05) is 72.8 Å². The van der Waals surface area contributed by atoms with Crippen LogP contribution in [0.3, 0.4) is 0 Å². The van der Waals surface area contributed by atoms with Crippen molar-refractivity contribution in [3.05, 3.63) is 82.0 Å². The Morgan fingerprint density at radius 1 is 0.842 bits per heavy atom. The van der Waals surface area contributed by atoms with Crippen molar-refractivity contribution in [3.63, 3.8) is 0 Å². The van der Waals surface area contributed by atoms with Gasteiger partial charge in [0.25, 0.3) is 0 Å². The van der Waals surface area contributed by atoms with Crippen LogP contribution in [0.5, 0.6) is 0 Å². The summed E-state index contributed by atoms with van der Waals surface area (Å²) in [6.07, 6.45) is 7.93. The Kier molecular flexibility index (Phi) is 3.83. The zero-order chi connectivity index (χ0) is 13.1. The first-order valence-electron chi connectivity index (χ1n) is 6.52. The van der Waals surface area contributed by atoms with Crippen molar-refractivity contribution in [1.29, 1.82) is 0 Å². The monoisotopic (exact) mass is 358 g/mol. The molecule has 2 aromatic rings. The fourth-order valence-corrected chi connectivity index (χ4v) is 2.86. The first kappa shape index (κ1) is 12.7. The SMILES string of the molecule is IC1=CCC(c2ccc(-c3ccccc3)cc2)C=C1. The molecule has 0 bridgehead atoms. The molecule has 2 aromatic carbocycles. The van der Waals surface area contributed by atoms with Crippen LogP contribution in [-0.4, -0.2) is 0 Å². The average molecular weight is 358 g/mol. The number of hydrogen-bond donors (Lipinski definition) is 0. The molecule has 0 heterocycles. The van der Waals surface area contributed by atoms with E-state index in [1.165, 1.54) is 20.3 Å². The Morgan fingerprint density at radius 3 is 2.16 bits per heavy atom. The highest BCUT2D eigenvalue weighted by molar-refractivity contribution is 14.1. The molecule has 19 heavy (non-hydrogen) atoms. The molecule has 1 aliphatic carbocycles. The van der Waals surface area contributed by atoms with Gasteiger partial charge in [-0.25, -0.2) is 0 Å². The zero-order valence-corrected chi connectivity index (χ0v) is 12.7. The van der Waals surface area contributed by atoms with Crippen molar-refractivity contribution in [2.75, 3.05) is 0 Å². The summed E-state index contributed by atoms with van der Waals surface area (Å²) in [6.45, 7) is 0. The van der Waals surface area contributed by atoms with Crippen LogP contribution in [-0.2, 0) is 0 Å². The van der Waals surface area contributed by atoms with Gasteiger partial charge in [-0.05, 0) is 45.7 Å². The summed E-state index contributed by atoms with van der Waals surface area (Å²) in [4.78, 5) is 0. The molecule has 0 aromatic heterocycles. The molecule has 1 heteroatoms. The van der Waals surface area contributed by atoms with Crippen LogP contribution in [0, 0.1) is 0 Å². The van der Waals surface area contributed by atoms with E-state index in [0.29, 0.717) is 5.92 Å². The first-order valence-corrected chi connectivity index (χ1v) is 7.60. The van der Waals surface area contributed by atoms with E-state index in [1.807, 2.05) is 0 Å². The lowest BCUT2D eigenvalue weighted by molar-refractivity contribution is 0.853. The van der Waals surface area contributed by atoms with E-state index in [-0.39, 0.29) is 0 Å². The van der Waals surface area contributed by atoms with Crippen LogP contribution >= 0.6 is 22.6 Å². The maximum Gasteiger partial charge on any atom is 0.00873 e. The normalized spacial score (nSPS) is 18.2. The van der Waals surface area contributed by atoms with E-state index in [1.54, 1.807) is 0 Å². The molecular formula is C18H15I. The highest BCUT2D eigenvalue weighted by Crippen LogP contribution is 2.30. The summed E-state index contributed by atoms with van der Waals surface area (Å²) in [6, 6.07) is 19.5. The molecule has 0 radical (unpaired) electrons. The largest absolute Gasteiger partial charge is 0.0757 e. The topological polar surface area (TPSA) is 0 Å². The molecule has 3 rings (SSSR count). The Balaban J connectivity index is 1.82. The third-order valence-electron chi connectivity index (χ3n) is 3.50. The number of allylic oxidation sites excluding steroid dienone is 4. The van der Waals surface area contributed by atoms with Gasteiger partial charge in [-0.2, -0.15) is 0 Å². The molecule has 1 aliphatic rings. The molecule has 0 spiro atoms. The van der Waals surface area contributed by atoms with Crippen LogP contribution in [0.4, 0.5) is 0 Å². The Labute approximate surface area is 128 Å². The Hall–Kier alpha value is -1.35. The molecule has 0 saturated heterocycles. The van der Waals surface area contributed by atoms with Gasteiger partial charge in [-0.15, -0.1) is 0 Å². The fraction of sp³-hybridized carbons (Fsp3) is 0.111. The van der Waals surface area contributed by atoms with Crippen molar-refractivity contribution >= 4 is 22.6 Å². The molecule has 0 fully saturated rings. The van der Waals surface area contributed by atoms with Gasteiger partial charge in [0.2, 0.25) is 0 Å². The third kappa shape index (κ3) is 2.98. The lowest BCUT2D eigenvalue weighted by Crippen LogP contribution is -1.96. The van der Waals surface area contributed by atoms with Crippen molar-refractivity contribution in [2.24, 2.45) is 0 Å². The van der Waals surface area contributed by atoms with Gasteiger partial charge in [0.05, 0.1) is 0 Å². The van der Waals surface area contributed by atoms with Crippen molar-refractivity contribution in [1.82, 2.24) is 0 Å². The number of halogens is 1. The van der Waals surface area contributed by atoms with Crippen LogP contribution in [0.25, 0.3) is 11.1 Å². The average Bonchev–Trinajstić information content (AvgIpc) is 2.49. The van der Waals surface area contributed by atoms with Gasteiger partial charge in [-0.3, -0.25) is 0 Å². The van der Waals surface area contributed by atoms with Crippen LogP contribution in [0.1, 0.15) is 17.9 Å². The molecule has 0 aliphatic heterocycles. The molecule has 1 atom stereocenters. The number of rotatable bonds is 2. The molecule has 0 amide bonds. The second-order valence-corrected chi connectivity index (χ2v) is 6.02.